The fourth-order valence-electron chi connectivity index (χ4n) is 4.64. The van der Waals surface area contributed by atoms with Crippen molar-refractivity contribution in [3.63, 3.8) is 0 Å². The van der Waals surface area contributed by atoms with E-state index in [4.69, 9.17) is 14.2 Å². The van der Waals surface area contributed by atoms with Crippen LogP contribution in [0.1, 0.15) is 63.5 Å². The number of ether oxygens (including phenoxy) is 3. The molecule has 35 heavy (non-hydrogen) atoms. The van der Waals surface area contributed by atoms with E-state index in [9.17, 15) is 9.59 Å². The monoisotopic (exact) mass is 475 g/mol. The van der Waals surface area contributed by atoms with Gasteiger partial charge < -0.3 is 19.5 Å². The summed E-state index contributed by atoms with van der Waals surface area (Å²) in [6, 6.07) is 15.5. The van der Waals surface area contributed by atoms with E-state index < -0.39 is 11.9 Å². The Kier molecular flexibility index (Phi) is 7.59. The summed E-state index contributed by atoms with van der Waals surface area (Å²) in [5.74, 6) is 0.285. The van der Waals surface area contributed by atoms with Gasteiger partial charge >= 0.3 is 5.97 Å². The highest BCUT2D eigenvalue weighted by molar-refractivity contribution is 6.03. The highest BCUT2D eigenvalue weighted by Gasteiger charge is 2.39. The predicted molar refractivity (Wildman–Crippen MR) is 134 cm³/mol. The number of allylic oxidation sites excluding steroid dienone is 3. The van der Waals surface area contributed by atoms with Crippen LogP contribution < -0.4 is 14.8 Å². The summed E-state index contributed by atoms with van der Waals surface area (Å²) in [6.07, 6.45) is 2.53. The smallest absolute Gasteiger partial charge is 0.337 e. The van der Waals surface area contributed by atoms with Crippen LogP contribution >= 0.6 is 0 Å². The average Bonchev–Trinajstić information content (AvgIpc) is 2.87. The number of hydrogen-bond acceptors (Lipinski definition) is 6. The molecule has 1 heterocycles. The zero-order valence-corrected chi connectivity index (χ0v) is 20.9. The van der Waals surface area contributed by atoms with Gasteiger partial charge in [-0.15, -0.1) is 0 Å². The summed E-state index contributed by atoms with van der Waals surface area (Å²) in [5, 5.41) is 3.34. The number of methoxy groups -OCH3 is 1. The van der Waals surface area contributed by atoms with Crippen molar-refractivity contribution < 1.29 is 23.8 Å². The summed E-state index contributed by atoms with van der Waals surface area (Å²) in [7, 11) is 1.60. The van der Waals surface area contributed by atoms with Crippen molar-refractivity contribution in [2.45, 2.75) is 65.1 Å². The zero-order chi connectivity index (χ0) is 24.9. The van der Waals surface area contributed by atoms with Crippen LogP contribution in [0.3, 0.4) is 0 Å². The molecule has 2 aromatic rings. The molecule has 6 nitrogen and oxygen atoms in total. The third-order valence-corrected chi connectivity index (χ3v) is 6.64. The molecule has 0 saturated heterocycles. The lowest BCUT2D eigenvalue weighted by atomic mass is 9.75. The van der Waals surface area contributed by atoms with Crippen LogP contribution in [0.2, 0.25) is 0 Å². The lowest BCUT2D eigenvalue weighted by Gasteiger charge is -2.34. The van der Waals surface area contributed by atoms with Gasteiger partial charge in [-0.2, -0.15) is 0 Å². The van der Waals surface area contributed by atoms with E-state index in [1.807, 2.05) is 69.3 Å². The van der Waals surface area contributed by atoms with Crippen LogP contribution in [-0.4, -0.2) is 25.0 Å². The summed E-state index contributed by atoms with van der Waals surface area (Å²) in [5.41, 5.74) is 4.57. The van der Waals surface area contributed by atoms with Crippen LogP contribution in [0, 0.1) is 0 Å². The van der Waals surface area contributed by atoms with E-state index in [1.165, 1.54) is 0 Å². The molecule has 0 saturated carbocycles. The van der Waals surface area contributed by atoms with Crippen LogP contribution in [0.15, 0.2) is 71.1 Å². The number of nitrogens with one attached hydrogen (secondary N) is 1. The Bertz CT molecular complexity index is 1160. The first kappa shape index (κ1) is 24.6. The van der Waals surface area contributed by atoms with Gasteiger partial charge in [0.05, 0.1) is 18.8 Å². The van der Waals surface area contributed by atoms with Crippen LogP contribution in [0.5, 0.6) is 11.5 Å². The molecule has 184 valence electrons. The fraction of sp³-hybridized carbons (Fsp3) is 0.379. The Morgan fingerprint density at radius 3 is 2.60 bits per heavy atom. The maximum absolute atomic E-state index is 13.4. The molecule has 4 rings (SSSR count). The topological polar surface area (TPSA) is 73.9 Å². The van der Waals surface area contributed by atoms with Gasteiger partial charge in [-0.25, -0.2) is 4.79 Å². The first-order valence-corrected chi connectivity index (χ1v) is 12.2. The molecule has 0 amide bonds. The number of hydrogen-bond donors (Lipinski definition) is 1. The Balaban J connectivity index is 1.76. The standard InChI is InChI=1S/C29H33NO5/c1-5-18(2)35-29(32)26-19(3)30-22-12-9-13-23(31)28(22)27(26)21-14-15-24(33-4)25(16-21)34-17-20-10-7-6-8-11-20/h6-8,10-11,14-16,18,27,30H,5,9,12-13,17H2,1-4H3/t18-,27-/m1/s1. The SMILES string of the molecule is CC[C@@H](C)OC(=O)C1=C(C)NC2=C(C(=O)CCC2)[C@@H]1c1ccc(OC)c(OCc2ccccc2)c1. The van der Waals surface area contributed by atoms with Gasteiger partial charge in [0, 0.05) is 29.3 Å². The molecule has 0 radical (unpaired) electrons. The lowest BCUT2D eigenvalue weighted by molar-refractivity contribution is -0.144. The van der Waals surface area contributed by atoms with E-state index in [-0.39, 0.29) is 11.9 Å². The van der Waals surface area contributed by atoms with E-state index in [0.717, 1.165) is 35.4 Å². The summed E-state index contributed by atoms with van der Waals surface area (Å²) in [4.78, 5) is 26.5. The van der Waals surface area contributed by atoms with Crippen molar-refractivity contribution in [1.82, 2.24) is 5.32 Å². The van der Waals surface area contributed by atoms with Gasteiger partial charge in [0.2, 0.25) is 0 Å². The second-order valence-corrected chi connectivity index (χ2v) is 9.07. The highest BCUT2D eigenvalue weighted by atomic mass is 16.5. The number of Topliss-reactive ketones (excluding diaryl/α,β-unsaturated/α-hetero) is 1. The number of carbonyl (C=O) groups is 2. The fourth-order valence-corrected chi connectivity index (χ4v) is 4.64. The van der Waals surface area contributed by atoms with Gasteiger partial charge in [-0.3, -0.25) is 4.79 Å². The average molecular weight is 476 g/mol. The van der Waals surface area contributed by atoms with Crippen molar-refractivity contribution >= 4 is 11.8 Å². The van der Waals surface area contributed by atoms with E-state index in [0.29, 0.717) is 42.1 Å². The van der Waals surface area contributed by atoms with Crippen LogP contribution in [0.25, 0.3) is 0 Å². The minimum Gasteiger partial charge on any atom is -0.493 e. The van der Waals surface area contributed by atoms with Crippen molar-refractivity contribution in [2.24, 2.45) is 0 Å². The maximum Gasteiger partial charge on any atom is 0.337 e. The molecular weight excluding hydrogens is 442 g/mol. The minimum absolute atomic E-state index is 0.0626. The number of dihydropyridines is 1. The van der Waals surface area contributed by atoms with Gasteiger partial charge in [-0.05, 0) is 56.4 Å². The molecule has 1 N–H and O–H groups in total. The molecule has 1 aliphatic heterocycles. The predicted octanol–water partition coefficient (Wildman–Crippen LogP) is 5.58. The highest BCUT2D eigenvalue weighted by Crippen LogP contribution is 2.44. The van der Waals surface area contributed by atoms with Crippen LogP contribution in [-0.2, 0) is 20.9 Å². The Morgan fingerprint density at radius 1 is 1.11 bits per heavy atom. The van der Waals surface area contributed by atoms with Gasteiger partial charge in [-0.1, -0.05) is 43.3 Å². The molecule has 0 aromatic heterocycles. The van der Waals surface area contributed by atoms with Gasteiger partial charge in [0.15, 0.2) is 17.3 Å². The van der Waals surface area contributed by atoms with Crippen molar-refractivity contribution in [1.29, 1.82) is 0 Å². The molecule has 2 aromatic carbocycles. The molecule has 0 unspecified atom stereocenters. The van der Waals surface area contributed by atoms with E-state index >= 15 is 0 Å². The summed E-state index contributed by atoms with van der Waals surface area (Å²) in [6.45, 7) is 6.09. The first-order valence-electron chi connectivity index (χ1n) is 12.2. The largest absolute Gasteiger partial charge is 0.493 e. The van der Waals surface area contributed by atoms with Crippen molar-refractivity contribution in [3.05, 3.63) is 82.2 Å². The summed E-state index contributed by atoms with van der Waals surface area (Å²) < 4.78 is 17.4. The van der Waals surface area contributed by atoms with Crippen LogP contribution in [0.4, 0.5) is 0 Å². The quantitative estimate of drug-likeness (QED) is 0.502. The third kappa shape index (κ3) is 5.26. The third-order valence-electron chi connectivity index (χ3n) is 6.64. The molecule has 0 bridgehead atoms. The Hall–Kier alpha value is -3.54. The minimum atomic E-state index is -0.527. The zero-order valence-electron chi connectivity index (χ0n) is 20.9. The normalized spacial score (nSPS) is 18.5. The maximum atomic E-state index is 13.4. The molecule has 2 atom stereocenters. The van der Waals surface area contributed by atoms with E-state index in [1.54, 1.807) is 7.11 Å². The van der Waals surface area contributed by atoms with E-state index in [2.05, 4.69) is 5.32 Å². The molecule has 6 heteroatoms. The van der Waals surface area contributed by atoms with Gasteiger partial charge in [0.1, 0.15) is 6.61 Å². The number of rotatable bonds is 8. The van der Waals surface area contributed by atoms with Crippen molar-refractivity contribution in [2.75, 3.05) is 7.11 Å². The van der Waals surface area contributed by atoms with Crippen molar-refractivity contribution in [3.8, 4) is 11.5 Å². The summed E-state index contributed by atoms with van der Waals surface area (Å²) >= 11 is 0. The second-order valence-electron chi connectivity index (χ2n) is 9.07. The molecule has 2 aliphatic rings. The van der Waals surface area contributed by atoms with Gasteiger partial charge in [0.25, 0.3) is 0 Å². The number of carbonyl (C=O) groups excluding carboxylic acids is 2. The second kappa shape index (κ2) is 10.8. The Labute approximate surface area is 207 Å². The first-order chi connectivity index (χ1) is 16.9. The molecule has 1 aliphatic carbocycles. The Morgan fingerprint density at radius 2 is 1.89 bits per heavy atom. The molecule has 0 fully saturated rings. The number of esters is 1. The lowest BCUT2D eigenvalue weighted by Crippen LogP contribution is -2.35. The number of benzene rings is 2. The molecule has 0 spiro atoms. The molecular formula is C29H33NO5. The number of ketones is 1.